The fourth-order valence-electron chi connectivity index (χ4n) is 6.16. The van der Waals surface area contributed by atoms with Gasteiger partial charge in [0.2, 0.25) is 0 Å². The van der Waals surface area contributed by atoms with Crippen molar-refractivity contribution in [2.75, 3.05) is 26.4 Å². The number of aliphatic hydroxyl groups excluding tert-OH is 1. The SMILES string of the molecule is CC/C=C\C/C=C\C/C=C\C/C=C\CCCCC(=O)OC(COC(=O)CCCCCCC/C=C\CCCC)COP(=O)(O)OCC(CO)OC(=O)CCCCC/C=C\C/C=C\C/C=C\CC. The standard InChI is InChI=1S/C54H89O11P/c1-4-7-10-13-16-19-22-24-25-27-30-33-36-39-42-45-54(58)65-51(47-61-52(56)43-40-37-34-31-28-21-18-15-12-9-6-3)49-63-66(59,60)62-48-50(46-55)64-53(57)44-41-38-35-32-29-26-23-20-17-14-11-8-5-2/h7-8,10-11,15-20,24-26,29-30,33,50-51,55H,4-6,9,12-14,21-23,27-28,31-32,34-49H2,1-3H3,(H,59,60)/b10-7-,11-8-,18-15-,19-16-,20-17-,25-24-,29-26-,33-30-. The van der Waals surface area contributed by atoms with Crippen molar-refractivity contribution in [3.05, 3.63) is 97.2 Å². The molecule has 0 fully saturated rings. The van der Waals surface area contributed by atoms with Crippen LogP contribution in [-0.2, 0) is 42.2 Å². The van der Waals surface area contributed by atoms with E-state index in [0.29, 0.717) is 19.3 Å². The van der Waals surface area contributed by atoms with Crippen LogP contribution in [0.4, 0.5) is 0 Å². The first-order valence-electron chi connectivity index (χ1n) is 25.1. The van der Waals surface area contributed by atoms with E-state index in [-0.39, 0.29) is 25.9 Å². The molecule has 11 nitrogen and oxygen atoms in total. The van der Waals surface area contributed by atoms with Gasteiger partial charge >= 0.3 is 25.7 Å². The van der Waals surface area contributed by atoms with Crippen molar-refractivity contribution >= 4 is 25.7 Å². The number of esters is 3. The number of carbonyl (C=O) groups is 3. The van der Waals surface area contributed by atoms with Gasteiger partial charge in [-0.2, -0.15) is 0 Å². The molecule has 12 heteroatoms. The summed E-state index contributed by atoms with van der Waals surface area (Å²) in [6.45, 7) is 4.24. The van der Waals surface area contributed by atoms with Gasteiger partial charge in [0.05, 0.1) is 19.8 Å². The maximum Gasteiger partial charge on any atom is 0.472 e. The molecule has 3 unspecified atom stereocenters. The molecule has 0 aliphatic heterocycles. The highest BCUT2D eigenvalue weighted by atomic mass is 31.2. The van der Waals surface area contributed by atoms with E-state index < -0.39 is 57.8 Å². The number of ether oxygens (including phenoxy) is 3. The van der Waals surface area contributed by atoms with Crippen molar-refractivity contribution in [2.24, 2.45) is 0 Å². The van der Waals surface area contributed by atoms with Crippen LogP contribution >= 0.6 is 7.82 Å². The van der Waals surface area contributed by atoms with Crippen LogP contribution in [-0.4, -0.2) is 66.5 Å². The van der Waals surface area contributed by atoms with Crippen molar-refractivity contribution in [1.29, 1.82) is 0 Å². The first-order chi connectivity index (χ1) is 32.2. The Hall–Kier alpha value is -3.60. The van der Waals surface area contributed by atoms with Crippen LogP contribution in [0.1, 0.15) is 188 Å². The summed E-state index contributed by atoms with van der Waals surface area (Å²) in [5.41, 5.74) is 0. The third kappa shape index (κ3) is 45.6. The van der Waals surface area contributed by atoms with Gasteiger partial charge < -0.3 is 24.2 Å². The van der Waals surface area contributed by atoms with Gasteiger partial charge in [-0.05, 0) is 109 Å². The zero-order valence-corrected chi connectivity index (χ0v) is 42.0. The summed E-state index contributed by atoms with van der Waals surface area (Å²) in [6.07, 6.45) is 53.9. The Bertz CT molecular complexity index is 1480. The molecule has 0 saturated heterocycles. The van der Waals surface area contributed by atoms with Gasteiger partial charge in [-0.25, -0.2) is 4.57 Å². The van der Waals surface area contributed by atoms with Gasteiger partial charge in [0.15, 0.2) is 6.10 Å². The lowest BCUT2D eigenvalue weighted by molar-refractivity contribution is -0.161. The van der Waals surface area contributed by atoms with Crippen molar-refractivity contribution in [3.63, 3.8) is 0 Å². The molecule has 0 saturated carbocycles. The number of phosphoric acid groups is 1. The van der Waals surface area contributed by atoms with Crippen molar-refractivity contribution in [2.45, 2.75) is 200 Å². The molecular weight excluding hydrogens is 856 g/mol. The molecule has 0 radical (unpaired) electrons. The Labute approximate surface area is 400 Å². The van der Waals surface area contributed by atoms with Gasteiger partial charge in [-0.3, -0.25) is 23.4 Å². The Morgan fingerprint density at radius 2 is 0.788 bits per heavy atom. The van der Waals surface area contributed by atoms with Crippen molar-refractivity contribution in [1.82, 2.24) is 0 Å². The van der Waals surface area contributed by atoms with Crippen LogP contribution in [0.2, 0.25) is 0 Å². The average Bonchev–Trinajstić information content (AvgIpc) is 3.30. The van der Waals surface area contributed by atoms with E-state index in [1.807, 2.05) is 0 Å². The Kier molecular flexibility index (Phi) is 45.3. The largest absolute Gasteiger partial charge is 0.472 e. The van der Waals surface area contributed by atoms with Gasteiger partial charge in [0.1, 0.15) is 12.7 Å². The van der Waals surface area contributed by atoms with Crippen LogP contribution in [0.3, 0.4) is 0 Å². The van der Waals surface area contributed by atoms with E-state index in [0.717, 1.165) is 116 Å². The molecular formula is C54H89O11P. The average molecular weight is 945 g/mol. The quantitative estimate of drug-likeness (QED) is 0.0197. The molecule has 0 aliphatic carbocycles. The molecule has 0 rings (SSSR count). The zero-order chi connectivity index (χ0) is 48.4. The zero-order valence-electron chi connectivity index (χ0n) is 41.1. The molecule has 0 heterocycles. The van der Waals surface area contributed by atoms with Crippen LogP contribution in [0.25, 0.3) is 0 Å². The molecule has 66 heavy (non-hydrogen) atoms. The van der Waals surface area contributed by atoms with E-state index in [1.54, 1.807) is 0 Å². The lowest BCUT2D eigenvalue weighted by Crippen LogP contribution is -2.30. The molecule has 2 N–H and O–H groups in total. The predicted molar refractivity (Wildman–Crippen MR) is 270 cm³/mol. The van der Waals surface area contributed by atoms with Gasteiger partial charge in [0.25, 0.3) is 0 Å². The van der Waals surface area contributed by atoms with Crippen molar-refractivity contribution < 1.29 is 52.2 Å². The number of phosphoric ester groups is 1. The first-order valence-corrected chi connectivity index (χ1v) is 26.6. The minimum atomic E-state index is -4.76. The third-order valence-corrected chi connectivity index (χ3v) is 10.9. The lowest BCUT2D eigenvalue weighted by atomic mass is 10.1. The Balaban J connectivity index is 4.85. The minimum absolute atomic E-state index is 0.107. The third-order valence-electron chi connectivity index (χ3n) is 9.97. The molecule has 0 bridgehead atoms. The highest BCUT2D eigenvalue weighted by molar-refractivity contribution is 7.47. The van der Waals surface area contributed by atoms with E-state index in [4.69, 9.17) is 23.3 Å². The number of hydrogen-bond acceptors (Lipinski definition) is 10. The normalized spacial score (nSPS) is 14.3. The number of allylic oxidation sites excluding steroid dienone is 16. The molecule has 0 aromatic rings. The second-order valence-electron chi connectivity index (χ2n) is 16.2. The van der Waals surface area contributed by atoms with Gasteiger partial charge in [-0.15, -0.1) is 0 Å². The second-order valence-corrected chi connectivity index (χ2v) is 17.7. The Morgan fingerprint density at radius 1 is 0.439 bits per heavy atom. The summed E-state index contributed by atoms with van der Waals surface area (Å²) in [4.78, 5) is 48.2. The van der Waals surface area contributed by atoms with E-state index in [2.05, 4.69) is 118 Å². The molecule has 0 aromatic carbocycles. The predicted octanol–water partition coefficient (Wildman–Crippen LogP) is 14.1. The monoisotopic (exact) mass is 945 g/mol. The van der Waals surface area contributed by atoms with Crippen LogP contribution in [0, 0.1) is 0 Å². The second kappa shape index (κ2) is 47.9. The highest BCUT2D eigenvalue weighted by Gasteiger charge is 2.28. The fourth-order valence-corrected chi connectivity index (χ4v) is 6.95. The molecule has 3 atom stereocenters. The molecule has 376 valence electrons. The van der Waals surface area contributed by atoms with E-state index in [9.17, 15) is 28.9 Å². The fraction of sp³-hybridized carbons (Fsp3) is 0.648. The van der Waals surface area contributed by atoms with Crippen LogP contribution < -0.4 is 0 Å². The summed E-state index contributed by atoms with van der Waals surface area (Å²) in [7, 11) is -4.76. The van der Waals surface area contributed by atoms with E-state index >= 15 is 0 Å². The number of carbonyl (C=O) groups excluding carboxylic acids is 3. The highest BCUT2D eigenvalue weighted by Crippen LogP contribution is 2.43. The minimum Gasteiger partial charge on any atom is -0.462 e. The summed E-state index contributed by atoms with van der Waals surface area (Å²) in [5, 5.41) is 9.76. The lowest BCUT2D eigenvalue weighted by Gasteiger charge is -2.21. The number of aliphatic hydroxyl groups is 1. The smallest absolute Gasteiger partial charge is 0.462 e. The summed E-state index contributed by atoms with van der Waals surface area (Å²) >= 11 is 0. The molecule has 0 spiro atoms. The molecule has 0 aromatic heterocycles. The maximum atomic E-state index is 12.8. The maximum absolute atomic E-state index is 12.8. The number of hydrogen-bond donors (Lipinski definition) is 2. The first kappa shape index (κ1) is 62.4. The topological polar surface area (TPSA) is 155 Å². The van der Waals surface area contributed by atoms with E-state index in [1.165, 1.54) is 12.8 Å². The summed E-state index contributed by atoms with van der Waals surface area (Å²) < 4.78 is 39.2. The Morgan fingerprint density at radius 3 is 1.27 bits per heavy atom. The molecule has 0 amide bonds. The summed E-state index contributed by atoms with van der Waals surface area (Å²) in [5.74, 6) is -1.57. The van der Waals surface area contributed by atoms with Crippen LogP contribution in [0.15, 0.2) is 97.2 Å². The summed E-state index contributed by atoms with van der Waals surface area (Å²) in [6, 6.07) is 0. The number of unbranched alkanes of at least 4 members (excludes halogenated alkanes) is 12. The number of rotatable bonds is 45. The van der Waals surface area contributed by atoms with Crippen LogP contribution in [0.5, 0.6) is 0 Å². The van der Waals surface area contributed by atoms with Gasteiger partial charge in [0, 0.05) is 19.3 Å². The molecule has 0 aliphatic rings. The van der Waals surface area contributed by atoms with Gasteiger partial charge in [-0.1, -0.05) is 157 Å². The van der Waals surface area contributed by atoms with Crippen molar-refractivity contribution in [3.8, 4) is 0 Å².